The van der Waals surface area contributed by atoms with Gasteiger partial charge in [0.25, 0.3) is 0 Å². The molecule has 0 bridgehead atoms. The molecule has 0 aliphatic carbocycles. The molecule has 3 N–H and O–H groups in total. The Bertz CT molecular complexity index is 1070. The quantitative estimate of drug-likeness (QED) is 0.257. The zero-order valence-corrected chi connectivity index (χ0v) is 15.5. The van der Waals surface area contributed by atoms with Crippen LogP contribution >= 0.6 is 11.8 Å². The van der Waals surface area contributed by atoms with Gasteiger partial charge >= 0.3 is 0 Å². The molecule has 0 amide bonds. The Morgan fingerprint density at radius 3 is 2.96 bits per heavy atom. The molecule has 7 nitrogen and oxygen atoms in total. The van der Waals surface area contributed by atoms with Gasteiger partial charge in [0.1, 0.15) is 5.75 Å². The van der Waals surface area contributed by atoms with Crippen LogP contribution in [-0.4, -0.2) is 33.5 Å². The van der Waals surface area contributed by atoms with Gasteiger partial charge in [-0.3, -0.25) is 0 Å². The first kappa shape index (κ1) is 17.2. The van der Waals surface area contributed by atoms with E-state index in [-0.39, 0.29) is 0 Å². The van der Waals surface area contributed by atoms with Crippen LogP contribution < -0.4 is 10.2 Å². The van der Waals surface area contributed by atoms with Crippen molar-refractivity contribution in [2.75, 3.05) is 12.5 Å². The number of para-hydroxylation sites is 2. The number of H-pyrrole nitrogens is 2. The Morgan fingerprint density at radius 2 is 2.04 bits per heavy atom. The van der Waals surface area contributed by atoms with Crippen molar-refractivity contribution in [2.45, 2.75) is 10.9 Å². The van der Waals surface area contributed by atoms with Crippen LogP contribution in [0.4, 0.5) is 5.95 Å². The highest BCUT2D eigenvalue weighted by atomic mass is 32.2. The standard InChI is InChI=1S/C19H18N6OS/c1-26-17-9-5-2-6-13(17)12-27-19-22-18(24-25-19)23-21-11-14-10-20-16-8-4-3-7-15(14)16/h2-11,20H,12H2,1H3,(H2,22,23,24,25)/b21-11-. The van der Waals surface area contributed by atoms with E-state index in [0.717, 1.165) is 33.5 Å². The average molecular weight is 378 g/mol. The normalized spacial score (nSPS) is 11.3. The zero-order valence-electron chi connectivity index (χ0n) is 14.6. The lowest BCUT2D eigenvalue weighted by molar-refractivity contribution is 0.411. The summed E-state index contributed by atoms with van der Waals surface area (Å²) < 4.78 is 5.36. The van der Waals surface area contributed by atoms with Gasteiger partial charge in [0.15, 0.2) is 0 Å². The minimum absolute atomic E-state index is 0.494. The molecule has 0 aliphatic rings. The fraction of sp³-hybridized carbons (Fsp3) is 0.105. The number of aromatic nitrogens is 4. The Kier molecular flexibility index (Phi) is 5.06. The number of hydrogen-bond donors (Lipinski definition) is 3. The summed E-state index contributed by atoms with van der Waals surface area (Å²) in [5.74, 6) is 2.08. The SMILES string of the molecule is COc1ccccc1CSc1n[nH]c(N/N=C\c2c[nH]c3ccccc23)n1. The second-order valence-electron chi connectivity index (χ2n) is 5.73. The minimum Gasteiger partial charge on any atom is -0.496 e. The first-order valence-corrected chi connectivity index (χ1v) is 9.34. The number of nitrogens with one attached hydrogen (secondary N) is 3. The highest BCUT2D eigenvalue weighted by molar-refractivity contribution is 7.98. The highest BCUT2D eigenvalue weighted by Gasteiger charge is 2.07. The molecule has 2 aromatic heterocycles. The summed E-state index contributed by atoms with van der Waals surface area (Å²) in [7, 11) is 1.67. The number of rotatable bonds is 7. The molecule has 136 valence electrons. The number of methoxy groups -OCH3 is 1. The van der Waals surface area contributed by atoms with Gasteiger partial charge in [0.2, 0.25) is 11.1 Å². The number of aromatic amines is 2. The molecule has 8 heteroatoms. The van der Waals surface area contributed by atoms with Gasteiger partial charge in [0, 0.05) is 34.0 Å². The molecule has 2 heterocycles. The van der Waals surface area contributed by atoms with E-state index in [0.29, 0.717) is 11.1 Å². The molecule has 0 saturated carbocycles. The van der Waals surface area contributed by atoms with Gasteiger partial charge in [0.05, 0.1) is 13.3 Å². The van der Waals surface area contributed by atoms with Crippen LogP contribution in [0.2, 0.25) is 0 Å². The van der Waals surface area contributed by atoms with E-state index in [1.165, 1.54) is 11.8 Å². The number of fused-ring (bicyclic) bond motifs is 1. The van der Waals surface area contributed by atoms with Crippen molar-refractivity contribution in [2.24, 2.45) is 5.10 Å². The number of hydrogen-bond acceptors (Lipinski definition) is 6. The summed E-state index contributed by atoms with van der Waals surface area (Å²) >= 11 is 1.53. The van der Waals surface area contributed by atoms with Crippen LogP contribution in [0.25, 0.3) is 10.9 Å². The predicted octanol–water partition coefficient (Wildman–Crippen LogP) is 4.03. The first-order valence-electron chi connectivity index (χ1n) is 8.36. The summed E-state index contributed by atoms with van der Waals surface area (Å²) in [5.41, 5.74) is 6.06. The van der Waals surface area contributed by atoms with Crippen molar-refractivity contribution < 1.29 is 4.74 Å². The van der Waals surface area contributed by atoms with Crippen molar-refractivity contribution in [1.82, 2.24) is 20.2 Å². The largest absolute Gasteiger partial charge is 0.496 e. The van der Waals surface area contributed by atoms with Crippen LogP contribution in [-0.2, 0) is 5.75 Å². The number of thioether (sulfide) groups is 1. The summed E-state index contributed by atoms with van der Waals surface area (Å²) in [6, 6.07) is 16.0. The third-order valence-electron chi connectivity index (χ3n) is 4.01. The highest BCUT2D eigenvalue weighted by Crippen LogP contribution is 2.26. The lowest BCUT2D eigenvalue weighted by Crippen LogP contribution is -1.92. The van der Waals surface area contributed by atoms with Crippen LogP contribution in [0.15, 0.2) is 65.0 Å². The molecule has 0 atom stereocenters. The summed E-state index contributed by atoms with van der Waals surface area (Å²) in [5, 5.41) is 13.0. The molecule has 0 aliphatic heterocycles. The van der Waals surface area contributed by atoms with Crippen LogP contribution in [0.1, 0.15) is 11.1 Å². The number of hydrazone groups is 1. The van der Waals surface area contributed by atoms with Crippen LogP contribution in [0, 0.1) is 0 Å². The number of anilines is 1. The molecule has 0 saturated heterocycles. The van der Waals surface area contributed by atoms with Gasteiger partial charge in [-0.1, -0.05) is 48.2 Å². The number of ether oxygens (including phenoxy) is 1. The molecule has 4 rings (SSSR count). The van der Waals surface area contributed by atoms with E-state index in [9.17, 15) is 0 Å². The molecular weight excluding hydrogens is 360 g/mol. The van der Waals surface area contributed by atoms with Gasteiger partial charge in [-0.2, -0.15) is 10.1 Å². The Labute approximate surface area is 160 Å². The van der Waals surface area contributed by atoms with E-state index in [4.69, 9.17) is 4.74 Å². The minimum atomic E-state index is 0.494. The fourth-order valence-corrected chi connectivity index (χ4v) is 3.48. The van der Waals surface area contributed by atoms with Gasteiger partial charge < -0.3 is 9.72 Å². The Balaban J connectivity index is 1.37. The molecule has 0 spiro atoms. The second kappa shape index (κ2) is 7.96. The van der Waals surface area contributed by atoms with Gasteiger partial charge in [-0.05, 0) is 12.1 Å². The third-order valence-corrected chi connectivity index (χ3v) is 4.91. The molecule has 27 heavy (non-hydrogen) atoms. The molecule has 0 unspecified atom stereocenters. The maximum atomic E-state index is 5.36. The lowest BCUT2D eigenvalue weighted by Gasteiger charge is -2.05. The smallest absolute Gasteiger partial charge is 0.240 e. The van der Waals surface area contributed by atoms with Crippen LogP contribution in [0.3, 0.4) is 0 Å². The predicted molar refractivity (Wildman–Crippen MR) is 108 cm³/mol. The molecular formula is C19H18N6OS. The molecule has 0 radical (unpaired) electrons. The van der Waals surface area contributed by atoms with Crippen molar-refractivity contribution in [3.63, 3.8) is 0 Å². The second-order valence-corrected chi connectivity index (χ2v) is 6.67. The van der Waals surface area contributed by atoms with Gasteiger partial charge in [-0.15, -0.1) is 5.10 Å². The maximum absolute atomic E-state index is 5.36. The van der Waals surface area contributed by atoms with E-state index < -0.39 is 0 Å². The van der Waals surface area contributed by atoms with Crippen molar-refractivity contribution >= 4 is 34.8 Å². The van der Waals surface area contributed by atoms with E-state index in [1.54, 1.807) is 13.3 Å². The molecule has 4 aromatic rings. The lowest BCUT2D eigenvalue weighted by atomic mass is 10.2. The van der Waals surface area contributed by atoms with E-state index >= 15 is 0 Å². The number of benzene rings is 2. The number of nitrogens with zero attached hydrogens (tertiary/aromatic N) is 3. The van der Waals surface area contributed by atoms with E-state index in [2.05, 4.69) is 30.7 Å². The van der Waals surface area contributed by atoms with Gasteiger partial charge in [-0.25, -0.2) is 10.5 Å². The first-order chi connectivity index (χ1) is 13.3. The van der Waals surface area contributed by atoms with Crippen molar-refractivity contribution in [3.8, 4) is 5.75 Å². The molecule has 2 aromatic carbocycles. The summed E-state index contributed by atoms with van der Waals surface area (Å²) in [4.78, 5) is 7.60. The topological polar surface area (TPSA) is 91.0 Å². The van der Waals surface area contributed by atoms with Crippen LogP contribution in [0.5, 0.6) is 5.75 Å². The Morgan fingerprint density at radius 1 is 1.19 bits per heavy atom. The van der Waals surface area contributed by atoms with E-state index in [1.807, 2.05) is 54.7 Å². The third kappa shape index (κ3) is 3.95. The average Bonchev–Trinajstić information content (AvgIpc) is 3.34. The summed E-state index contributed by atoms with van der Waals surface area (Å²) in [6.07, 6.45) is 3.67. The maximum Gasteiger partial charge on any atom is 0.240 e. The molecule has 0 fully saturated rings. The summed E-state index contributed by atoms with van der Waals surface area (Å²) in [6.45, 7) is 0. The van der Waals surface area contributed by atoms with Crippen molar-refractivity contribution in [1.29, 1.82) is 0 Å². The Hall–Kier alpha value is -3.26. The van der Waals surface area contributed by atoms with Crippen molar-refractivity contribution in [3.05, 3.63) is 65.9 Å². The zero-order chi connectivity index (χ0) is 18.5. The monoisotopic (exact) mass is 378 g/mol. The fourth-order valence-electron chi connectivity index (χ4n) is 2.69.